The molecule has 4 aliphatic rings. The van der Waals surface area contributed by atoms with E-state index in [1.165, 1.54) is 5.57 Å². The van der Waals surface area contributed by atoms with Gasteiger partial charge in [-0.05, 0) is 86.2 Å². The molecular weight excluding hydrogens is 324 g/mol. The van der Waals surface area contributed by atoms with Crippen molar-refractivity contribution in [1.82, 2.24) is 0 Å². The number of rotatable bonds is 1. The molecule has 0 amide bonds. The lowest BCUT2D eigenvalue weighted by Gasteiger charge is -2.57. The SMILES string of the molecule is CC(=O)/C(C)=C1\C(=O)C[C@H]2[C@@H]3CCC4=CC(=O)CC[C@]4(C)[C@H]3CC[C@]12C. The molecule has 0 heterocycles. The fraction of sp³-hybridized carbons (Fsp3) is 0.696. The Labute approximate surface area is 156 Å². The number of Topliss-reactive ketones (excluding diaryl/α,β-unsaturated/α-hetero) is 2. The van der Waals surface area contributed by atoms with E-state index in [2.05, 4.69) is 13.8 Å². The Bertz CT molecular complexity index is 770. The molecule has 3 nitrogen and oxygen atoms in total. The number of allylic oxidation sites excluding steroid dienone is 3. The van der Waals surface area contributed by atoms with E-state index in [1.54, 1.807) is 6.92 Å². The van der Waals surface area contributed by atoms with Crippen molar-refractivity contribution < 1.29 is 14.4 Å². The summed E-state index contributed by atoms with van der Waals surface area (Å²) in [5, 5.41) is 0. The Morgan fingerprint density at radius 3 is 2.42 bits per heavy atom. The summed E-state index contributed by atoms with van der Waals surface area (Å²) in [7, 11) is 0. The van der Waals surface area contributed by atoms with Crippen LogP contribution in [0.15, 0.2) is 22.8 Å². The molecule has 0 unspecified atom stereocenters. The van der Waals surface area contributed by atoms with Crippen molar-refractivity contribution in [1.29, 1.82) is 0 Å². The molecule has 140 valence electrons. The monoisotopic (exact) mass is 354 g/mol. The average Bonchev–Trinajstić information content (AvgIpc) is 2.85. The van der Waals surface area contributed by atoms with Gasteiger partial charge in [-0.3, -0.25) is 14.4 Å². The maximum atomic E-state index is 12.9. The summed E-state index contributed by atoms with van der Waals surface area (Å²) in [6.07, 6.45) is 8.32. The van der Waals surface area contributed by atoms with Gasteiger partial charge in [0.2, 0.25) is 0 Å². The largest absolute Gasteiger partial charge is 0.295 e. The zero-order valence-electron chi connectivity index (χ0n) is 16.5. The van der Waals surface area contributed by atoms with Crippen LogP contribution in [-0.2, 0) is 14.4 Å². The van der Waals surface area contributed by atoms with Crippen LogP contribution >= 0.6 is 0 Å². The van der Waals surface area contributed by atoms with Crippen molar-refractivity contribution in [2.75, 3.05) is 0 Å². The number of hydrogen-bond acceptors (Lipinski definition) is 3. The Balaban J connectivity index is 1.74. The molecular formula is C23H30O3. The van der Waals surface area contributed by atoms with Crippen LogP contribution in [0.5, 0.6) is 0 Å². The molecule has 3 saturated carbocycles. The standard InChI is InChI=1S/C23H30O3/c1-13(14(2)24)21-20(26)12-19-17-6-5-15-11-16(25)7-9-22(15,3)18(17)8-10-23(19,21)4/h11,17-19H,5-10,12H2,1-4H3/b21-13+/t17-,18+,19+,22+,23+/m1/s1. The minimum atomic E-state index is -0.143. The van der Waals surface area contributed by atoms with Gasteiger partial charge >= 0.3 is 0 Å². The number of carbonyl (C=O) groups is 3. The van der Waals surface area contributed by atoms with Crippen LogP contribution in [0, 0.1) is 28.6 Å². The number of ketones is 3. The number of carbonyl (C=O) groups excluding carboxylic acids is 3. The molecule has 4 aliphatic carbocycles. The summed E-state index contributed by atoms with van der Waals surface area (Å²) in [6.45, 7) is 8.01. The van der Waals surface area contributed by atoms with Gasteiger partial charge in [0.15, 0.2) is 17.3 Å². The maximum Gasteiger partial charge on any atom is 0.160 e. The van der Waals surface area contributed by atoms with Crippen molar-refractivity contribution in [3.63, 3.8) is 0 Å². The molecule has 3 heteroatoms. The van der Waals surface area contributed by atoms with Crippen molar-refractivity contribution in [2.45, 2.75) is 72.6 Å². The second-order valence-corrected chi connectivity index (χ2v) is 9.61. The third kappa shape index (κ3) is 2.28. The van der Waals surface area contributed by atoms with Crippen molar-refractivity contribution >= 4 is 17.3 Å². The van der Waals surface area contributed by atoms with Gasteiger partial charge in [-0.1, -0.05) is 19.4 Å². The first-order chi connectivity index (χ1) is 12.2. The Morgan fingerprint density at radius 1 is 1.00 bits per heavy atom. The molecule has 0 saturated heterocycles. The van der Waals surface area contributed by atoms with Gasteiger partial charge in [-0.2, -0.15) is 0 Å². The predicted molar refractivity (Wildman–Crippen MR) is 100 cm³/mol. The molecule has 0 radical (unpaired) electrons. The second kappa shape index (κ2) is 5.74. The minimum absolute atomic E-state index is 0.0315. The normalized spacial score (nSPS) is 44.0. The molecule has 4 rings (SSSR count). The molecule has 5 atom stereocenters. The van der Waals surface area contributed by atoms with E-state index < -0.39 is 0 Å². The molecule has 0 aromatic rings. The third-order valence-corrected chi connectivity index (χ3v) is 8.51. The molecule has 3 fully saturated rings. The van der Waals surface area contributed by atoms with Gasteiger partial charge < -0.3 is 0 Å². The first-order valence-corrected chi connectivity index (χ1v) is 10.2. The molecule has 0 N–H and O–H groups in total. The molecule has 0 aromatic carbocycles. The lowest BCUT2D eigenvalue weighted by molar-refractivity contribution is -0.117. The summed E-state index contributed by atoms with van der Waals surface area (Å²) in [4.78, 5) is 36.8. The fourth-order valence-electron chi connectivity index (χ4n) is 7.00. The average molecular weight is 354 g/mol. The smallest absolute Gasteiger partial charge is 0.160 e. The van der Waals surface area contributed by atoms with Crippen molar-refractivity contribution in [3.05, 3.63) is 22.8 Å². The zero-order chi connectivity index (χ0) is 18.9. The van der Waals surface area contributed by atoms with Gasteiger partial charge in [0, 0.05) is 18.4 Å². The van der Waals surface area contributed by atoms with Crippen LogP contribution in [-0.4, -0.2) is 17.3 Å². The van der Waals surface area contributed by atoms with Crippen LogP contribution < -0.4 is 0 Å². The lowest BCUT2D eigenvalue weighted by Crippen LogP contribution is -2.49. The van der Waals surface area contributed by atoms with Gasteiger partial charge in [0.05, 0.1) is 0 Å². The van der Waals surface area contributed by atoms with E-state index in [4.69, 9.17) is 0 Å². The Hall–Kier alpha value is -1.51. The molecule has 0 bridgehead atoms. The molecule has 0 aromatic heterocycles. The Kier molecular flexibility index (Phi) is 3.95. The first kappa shape index (κ1) is 17.9. The quantitative estimate of drug-likeness (QED) is 0.647. The van der Waals surface area contributed by atoms with E-state index in [0.717, 1.165) is 37.7 Å². The van der Waals surface area contributed by atoms with E-state index in [9.17, 15) is 14.4 Å². The summed E-state index contributed by atoms with van der Waals surface area (Å²) < 4.78 is 0. The van der Waals surface area contributed by atoms with Crippen LogP contribution in [0.4, 0.5) is 0 Å². The number of hydrogen-bond donors (Lipinski definition) is 0. The highest BCUT2D eigenvalue weighted by molar-refractivity contribution is 6.08. The molecule has 0 spiro atoms. The van der Waals surface area contributed by atoms with Crippen molar-refractivity contribution in [2.24, 2.45) is 28.6 Å². The highest BCUT2D eigenvalue weighted by Gasteiger charge is 2.60. The Morgan fingerprint density at radius 2 is 1.73 bits per heavy atom. The minimum Gasteiger partial charge on any atom is -0.295 e. The number of fused-ring (bicyclic) bond motifs is 5. The summed E-state index contributed by atoms with van der Waals surface area (Å²) in [5.41, 5.74) is 2.86. The van der Waals surface area contributed by atoms with Crippen LogP contribution in [0.1, 0.15) is 72.6 Å². The fourth-order valence-corrected chi connectivity index (χ4v) is 7.00. The summed E-state index contributed by atoms with van der Waals surface area (Å²) >= 11 is 0. The second-order valence-electron chi connectivity index (χ2n) is 9.61. The topological polar surface area (TPSA) is 51.2 Å². The van der Waals surface area contributed by atoms with Gasteiger partial charge in [0.1, 0.15) is 0 Å². The van der Waals surface area contributed by atoms with E-state index in [1.807, 2.05) is 13.0 Å². The lowest BCUT2D eigenvalue weighted by atomic mass is 9.47. The predicted octanol–water partition coefficient (Wildman–Crippen LogP) is 4.60. The molecule has 0 aliphatic heterocycles. The third-order valence-electron chi connectivity index (χ3n) is 8.51. The highest BCUT2D eigenvalue weighted by Crippen LogP contribution is 2.66. The highest BCUT2D eigenvalue weighted by atomic mass is 16.1. The van der Waals surface area contributed by atoms with Crippen LogP contribution in [0.3, 0.4) is 0 Å². The van der Waals surface area contributed by atoms with Gasteiger partial charge in [-0.15, -0.1) is 0 Å². The summed E-state index contributed by atoms with van der Waals surface area (Å²) in [6, 6.07) is 0. The van der Waals surface area contributed by atoms with E-state index in [-0.39, 0.29) is 28.2 Å². The van der Waals surface area contributed by atoms with Gasteiger partial charge in [0.25, 0.3) is 0 Å². The first-order valence-electron chi connectivity index (χ1n) is 10.2. The maximum absolute atomic E-state index is 12.9. The van der Waals surface area contributed by atoms with Crippen LogP contribution in [0.2, 0.25) is 0 Å². The zero-order valence-corrected chi connectivity index (χ0v) is 16.5. The van der Waals surface area contributed by atoms with E-state index in [0.29, 0.717) is 36.2 Å². The molecule has 26 heavy (non-hydrogen) atoms. The van der Waals surface area contributed by atoms with Crippen LogP contribution in [0.25, 0.3) is 0 Å². The van der Waals surface area contributed by atoms with E-state index >= 15 is 0 Å². The van der Waals surface area contributed by atoms with Crippen molar-refractivity contribution in [3.8, 4) is 0 Å². The summed E-state index contributed by atoms with van der Waals surface area (Å²) in [5.74, 6) is 1.98. The van der Waals surface area contributed by atoms with Gasteiger partial charge in [-0.25, -0.2) is 0 Å².